The zero-order valence-corrected chi connectivity index (χ0v) is 14.0. The lowest BCUT2D eigenvalue weighted by atomic mass is 10.0. The van der Waals surface area contributed by atoms with Crippen molar-refractivity contribution in [1.29, 1.82) is 0 Å². The highest BCUT2D eigenvalue weighted by atomic mass is 35.5. The molecule has 0 bridgehead atoms. The van der Waals surface area contributed by atoms with Crippen LogP contribution in [0.15, 0.2) is 24.3 Å². The second-order valence-corrected chi connectivity index (χ2v) is 6.30. The zero-order chi connectivity index (χ0) is 16.8. The summed E-state index contributed by atoms with van der Waals surface area (Å²) in [6.45, 7) is 1.32. The Hall–Kier alpha value is -1.59. The summed E-state index contributed by atoms with van der Waals surface area (Å²) in [7, 11) is 1.59. The van der Waals surface area contributed by atoms with Gasteiger partial charge in [0.05, 0.1) is 12.5 Å². The monoisotopic (exact) mass is 339 g/mol. The van der Waals surface area contributed by atoms with Crippen LogP contribution in [0.25, 0.3) is 0 Å². The molecule has 0 spiro atoms. The van der Waals surface area contributed by atoms with E-state index in [1.54, 1.807) is 18.1 Å². The third kappa shape index (κ3) is 4.69. The topological polar surface area (TPSA) is 66.8 Å². The minimum absolute atomic E-state index is 0.00859. The first kappa shape index (κ1) is 17.8. The van der Waals surface area contributed by atoms with Crippen molar-refractivity contribution in [3.05, 3.63) is 34.9 Å². The summed E-state index contributed by atoms with van der Waals surface area (Å²) in [5.41, 5.74) is 0.881. The molecule has 0 heterocycles. The lowest BCUT2D eigenvalue weighted by molar-refractivity contribution is -0.141. The lowest BCUT2D eigenvalue weighted by Gasteiger charge is -2.26. The number of methoxy groups -OCH3 is 1. The number of ether oxygens (including phenoxy) is 1. The van der Waals surface area contributed by atoms with Crippen LogP contribution in [0.2, 0.25) is 5.02 Å². The highest BCUT2D eigenvalue weighted by Gasteiger charge is 2.35. The second kappa shape index (κ2) is 8.31. The molecule has 1 aliphatic rings. The molecule has 1 saturated carbocycles. The molecule has 0 saturated heterocycles. The maximum absolute atomic E-state index is 12.8. The minimum Gasteiger partial charge on any atom is -0.481 e. The molecule has 6 heteroatoms. The van der Waals surface area contributed by atoms with E-state index in [1.807, 2.05) is 18.2 Å². The fourth-order valence-corrected chi connectivity index (χ4v) is 3.18. The van der Waals surface area contributed by atoms with Crippen LogP contribution < -0.4 is 0 Å². The SMILES string of the molecule is COCCN(Cc1ccccc1Cl)C(=O)[C@H]1CC[C@@H](C(=O)O)C1. The predicted molar refractivity (Wildman–Crippen MR) is 87.2 cm³/mol. The summed E-state index contributed by atoms with van der Waals surface area (Å²) in [5, 5.41) is 9.72. The largest absolute Gasteiger partial charge is 0.481 e. The van der Waals surface area contributed by atoms with Crippen LogP contribution in [0.1, 0.15) is 24.8 Å². The number of halogens is 1. The Morgan fingerprint density at radius 2 is 2.00 bits per heavy atom. The fraction of sp³-hybridized carbons (Fsp3) is 0.529. The number of amides is 1. The van der Waals surface area contributed by atoms with Crippen molar-refractivity contribution < 1.29 is 19.4 Å². The van der Waals surface area contributed by atoms with Gasteiger partial charge in [-0.1, -0.05) is 29.8 Å². The number of carbonyl (C=O) groups excluding carboxylic acids is 1. The molecule has 0 aliphatic heterocycles. The average molecular weight is 340 g/mol. The van der Waals surface area contributed by atoms with Crippen molar-refractivity contribution in [3.8, 4) is 0 Å². The van der Waals surface area contributed by atoms with E-state index in [0.717, 1.165) is 5.56 Å². The summed E-state index contributed by atoms with van der Waals surface area (Å²) in [4.78, 5) is 25.6. The quantitative estimate of drug-likeness (QED) is 0.829. The molecule has 1 fully saturated rings. The molecular weight excluding hydrogens is 318 g/mol. The number of hydrogen-bond acceptors (Lipinski definition) is 3. The molecule has 5 nitrogen and oxygen atoms in total. The third-order valence-corrected chi connectivity index (χ3v) is 4.70. The molecule has 2 rings (SSSR count). The first-order chi connectivity index (χ1) is 11.0. The van der Waals surface area contributed by atoms with E-state index in [9.17, 15) is 9.59 Å². The van der Waals surface area contributed by atoms with Gasteiger partial charge in [0.25, 0.3) is 0 Å². The zero-order valence-electron chi connectivity index (χ0n) is 13.2. The summed E-state index contributed by atoms with van der Waals surface area (Å²) >= 11 is 6.18. The smallest absolute Gasteiger partial charge is 0.306 e. The van der Waals surface area contributed by atoms with Gasteiger partial charge in [0, 0.05) is 31.1 Å². The Bertz CT molecular complexity index is 563. The van der Waals surface area contributed by atoms with Crippen molar-refractivity contribution in [2.24, 2.45) is 11.8 Å². The maximum atomic E-state index is 12.8. The number of nitrogens with zero attached hydrogens (tertiary/aromatic N) is 1. The van der Waals surface area contributed by atoms with Gasteiger partial charge < -0.3 is 14.7 Å². The summed E-state index contributed by atoms with van der Waals surface area (Å²) < 4.78 is 5.09. The van der Waals surface area contributed by atoms with E-state index in [-0.39, 0.29) is 11.8 Å². The summed E-state index contributed by atoms with van der Waals surface area (Å²) in [6.07, 6.45) is 1.61. The number of rotatable bonds is 7. The van der Waals surface area contributed by atoms with E-state index >= 15 is 0 Å². The Kier molecular flexibility index (Phi) is 6.42. The predicted octanol–water partition coefficient (Wildman–Crippen LogP) is 2.82. The van der Waals surface area contributed by atoms with E-state index in [0.29, 0.717) is 44.0 Å². The molecule has 1 aliphatic carbocycles. The summed E-state index contributed by atoms with van der Waals surface area (Å²) in [5.74, 6) is -1.45. The second-order valence-electron chi connectivity index (χ2n) is 5.89. The van der Waals surface area contributed by atoms with Crippen molar-refractivity contribution in [2.75, 3.05) is 20.3 Å². The van der Waals surface area contributed by atoms with Crippen LogP contribution in [0.4, 0.5) is 0 Å². The average Bonchev–Trinajstić information content (AvgIpc) is 3.02. The molecule has 0 aromatic heterocycles. The Balaban J connectivity index is 2.07. The molecule has 1 aromatic rings. The summed E-state index contributed by atoms with van der Waals surface area (Å²) in [6, 6.07) is 7.42. The maximum Gasteiger partial charge on any atom is 0.306 e. The van der Waals surface area contributed by atoms with Gasteiger partial charge in [-0.15, -0.1) is 0 Å². The third-order valence-electron chi connectivity index (χ3n) is 4.33. The number of aliphatic carboxylic acids is 1. The van der Waals surface area contributed by atoms with Crippen molar-refractivity contribution in [1.82, 2.24) is 4.90 Å². The molecule has 1 aromatic carbocycles. The molecule has 23 heavy (non-hydrogen) atoms. The van der Waals surface area contributed by atoms with Gasteiger partial charge in [-0.3, -0.25) is 9.59 Å². The van der Waals surface area contributed by atoms with E-state index in [2.05, 4.69) is 0 Å². The number of carboxylic acids is 1. The number of benzene rings is 1. The van der Waals surface area contributed by atoms with Gasteiger partial charge in [0.15, 0.2) is 0 Å². The van der Waals surface area contributed by atoms with E-state index in [4.69, 9.17) is 21.4 Å². The number of hydrogen-bond donors (Lipinski definition) is 1. The molecule has 0 radical (unpaired) electrons. The van der Waals surface area contributed by atoms with Crippen LogP contribution in [0.3, 0.4) is 0 Å². The van der Waals surface area contributed by atoms with Crippen LogP contribution >= 0.6 is 11.6 Å². The Labute approximate surface area is 141 Å². The van der Waals surface area contributed by atoms with Crippen LogP contribution in [0.5, 0.6) is 0 Å². The molecule has 1 N–H and O–H groups in total. The molecule has 1 amide bonds. The van der Waals surface area contributed by atoms with Crippen LogP contribution in [-0.4, -0.2) is 42.1 Å². The number of carbonyl (C=O) groups is 2. The first-order valence-electron chi connectivity index (χ1n) is 7.77. The number of carboxylic acid groups (broad SMARTS) is 1. The van der Waals surface area contributed by atoms with E-state index < -0.39 is 11.9 Å². The van der Waals surface area contributed by atoms with Crippen molar-refractivity contribution in [3.63, 3.8) is 0 Å². The van der Waals surface area contributed by atoms with Crippen LogP contribution in [-0.2, 0) is 20.9 Å². The first-order valence-corrected chi connectivity index (χ1v) is 8.14. The fourth-order valence-electron chi connectivity index (χ4n) is 2.99. The minimum atomic E-state index is -0.810. The van der Waals surface area contributed by atoms with Gasteiger partial charge >= 0.3 is 5.97 Å². The van der Waals surface area contributed by atoms with Crippen molar-refractivity contribution >= 4 is 23.5 Å². The lowest BCUT2D eigenvalue weighted by Crippen LogP contribution is -2.37. The van der Waals surface area contributed by atoms with Gasteiger partial charge in [-0.25, -0.2) is 0 Å². The van der Waals surface area contributed by atoms with Gasteiger partial charge in [0.2, 0.25) is 5.91 Å². The molecule has 126 valence electrons. The normalized spacial score (nSPS) is 20.4. The van der Waals surface area contributed by atoms with Crippen LogP contribution in [0, 0.1) is 11.8 Å². The Morgan fingerprint density at radius 1 is 1.30 bits per heavy atom. The van der Waals surface area contributed by atoms with Gasteiger partial charge in [-0.2, -0.15) is 0 Å². The van der Waals surface area contributed by atoms with Crippen molar-refractivity contribution in [2.45, 2.75) is 25.8 Å². The standard InChI is InChI=1S/C17H22ClNO4/c1-23-9-8-19(11-14-4-2-3-5-15(14)18)16(20)12-6-7-13(10-12)17(21)22/h2-5,12-13H,6-11H2,1H3,(H,21,22)/t12-,13+/m0/s1. The molecule has 0 unspecified atom stereocenters. The highest BCUT2D eigenvalue weighted by molar-refractivity contribution is 6.31. The Morgan fingerprint density at radius 3 is 2.61 bits per heavy atom. The molecule has 2 atom stereocenters. The van der Waals surface area contributed by atoms with E-state index in [1.165, 1.54) is 0 Å². The van der Waals surface area contributed by atoms with Gasteiger partial charge in [-0.05, 0) is 30.9 Å². The highest BCUT2D eigenvalue weighted by Crippen LogP contribution is 2.33. The van der Waals surface area contributed by atoms with Gasteiger partial charge in [0.1, 0.15) is 0 Å². The molecular formula is C17H22ClNO4.